The fraction of sp³-hybridized carbons (Fsp3) is 0.952. The highest BCUT2D eigenvalue weighted by Crippen LogP contribution is 2.24. The molecule has 1 fully saturated rings. The van der Waals surface area contributed by atoms with Crippen LogP contribution in [0.25, 0.3) is 0 Å². The summed E-state index contributed by atoms with van der Waals surface area (Å²) in [6, 6.07) is 0. The molecule has 2 N–H and O–H groups in total. The van der Waals surface area contributed by atoms with Crippen LogP contribution in [0, 0.1) is 11.8 Å². The summed E-state index contributed by atoms with van der Waals surface area (Å²) in [5.74, 6) is 1.70. The van der Waals surface area contributed by atoms with Crippen molar-refractivity contribution in [2.75, 3.05) is 59.3 Å². The summed E-state index contributed by atoms with van der Waals surface area (Å²) >= 11 is 0. The summed E-state index contributed by atoms with van der Waals surface area (Å²) in [5, 5.41) is 0. The zero-order valence-corrected chi connectivity index (χ0v) is 18.8. The molecule has 1 saturated heterocycles. The van der Waals surface area contributed by atoms with Crippen LogP contribution in [0.5, 0.6) is 0 Å². The maximum atomic E-state index is 12.1. The number of rotatable bonds is 12. The molecule has 0 saturated carbocycles. The van der Waals surface area contributed by atoms with E-state index >= 15 is 0 Å². The third kappa shape index (κ3) is 16.0. The Balaban J connectivity index is 0. The number of nitrogens with two attached hydrogens (primary N) is 1. The second kappa shape index (κ2) is 21.6. The van der Waals surface area contributed by atoms with Gasteiger partial charge in [-0.1, -0.05) is 41.5 Å². The van der Waals surface area contributed by atoms with Crippen molar-refractivity contribution in [1.29, 1.82) is 0 Å². The molecule has 6 heteroatoms. The second-order valence-corrected chi connectivity index (χ2v) is 6.34. The van der Waals surface area contributed by atoms with E-state index in [0.717, 1.165) is 37.8 Å². The van der Waals surface area contributed by atoms with Gasteiger partial charge in [0.25, 0.3) is 0 Å². The van der Waals surface area contributed by atoms with Crippen molar-refractivity contribution in [2.24, 2.45) is 17.6 Å². The molecule has 1 aliphatic rings. The standard InChI is InChI=1S/C17H34N2O4.2C2H6/c1-15(2)16-3-7-19(8-4-16)17(20)5-9-21-11-13-23-14-12-22-10-6-18;2*1-2/h15-16H,3-14,18H2,1-2H3;2*1-2H3. The molecule has 0 bridgehead atoms. The fourth-order valence-corrected chi connectivity index (χ4v) is 2.76. The number of carbonyl (C=O) groups is 1. The Morgan fingerprint density at radius 3 is 1.78 bits per heavy atom. The van der Waals surface area contributed by atoms with Gasteiger partial charge < -0.3 is 24.8 Å². The number of hydrogen-bond acceptors (Lipinski definition) is 5. The van der Waals surface area contributed by atoms with Gasteiger partial charge in [-0.15, -0.1) is 0 Å². The van der Waals surface area contributed by atoms with Gasteiger partial charge in [-0.2, -0.15) is 0 Å². The van der Waals surface area contributed by atoms with Crippen molar-refractivity contribution < 1.29 is 19.0 Å². The van der Waals surface area contributed by atoms with Crippen LogP contribution in [0.1, 0.15) is 60.8 Å². The van der Waals surface area contributed by atoms with Crippen molar-refractivity contribution in [3.05, 3.63) is 0 Å². The highest BCUT2D eigenvalue weighted by molar-refractivity contribution is 5.76. The van der Waals surface area contributed by atoms with E-state index in [-0.39, 0.29) is 5.91 Å². The number of carbonyl (C=O) groups excluding carboxylic acids is 1. The molecule has 0 aliphatic carbocycles. The number of likely N-dealkylation sites (tertiary alicyclic amines) is 1. The summed E-state index contributed by atoms with van der Waals surface area (Å²) in [6.45, 7) is 18.0. The van der Waals surface area contributed by atoms with Crippen LogP contribution in [0.2, 0.25) is 0 Å². The van der Waals surface area contributed by atoms with Gasteiger partial charge in [0.05, 0.1) is 46.1 Å². The Kier molecular flexibility index (Phi) is 22.8. The van der Waals surface area contributed by atoms with Gasteiger partial charge in [0.15, 0.2) is 0 Å². The first-order valence-corrected chi connectivity index (χ1v) is 10.9. The first-order valence-electron chi connectivity index (χ1n) is 10.9. The second-order valence-electron chi connectivity index (χ2n) is 6.34. The fourth-order valence-electron chi connectivity index (χ4n) is 2.76. The number of ether oxygens (including phenoxy) is 3. The minimum absolute atomic E-state index is 0.211. The Morgan fingerprint density at radius 2 is 1.33 bits per heavy atom. The lowest BCUT2D eigenvalue weighted by atomic mass is 9.86. The van der Waals surface area contributed by atoms with Gasteiger partial charge >= 0.3 is 0 Å². The molecular weight excluding hydrogens is 344 g/mol. The first-order chi connectivity index (χ1) is 13.1. The number of nitrogens with zero attached hydrogens (tertiary/aromatic N) is 1. The molecule has 0 unspecified atom stereocenters. The minimum Gasteiger partial charge on any atom is -0.379 e. The van der Waals surface area contributed by atoms with E-state index in [2.05, 4.69) is 13.8 Å². The molecule has 1 rings (SSSR count). The lowest BCUT2D eigenvalue weighted by molar-refractivity contribution is -0.134. The van der Waals surface area contributed by atoms with Gasteiger partial charge in [-0.3, -0.25) is 4.79 Å². The Labute approximate surface area is 168 Å². The SMILES string of the molecule is CC.CC.CC(C)C1CCN(C(=O)CCOCCOCCOCCN)CC1. The average Bonchev–Trinajstić information content (AvgIpc) is 2.72. The molecule has 27 heavy (non-hydrogen) atoms. The summed E-state index contributed by atoms with van der Waals surface area (Å²) < 4.78 is 16.0. The summed E-state index contributed by atoms with van der Waals surface area (Å²) in [5.41, 5.74) is 5.31. The maximum Gasteiger partial charge on any atom is 0.224 e. The Morgan fingerprint density at radius 1 is 0.889 bits per heavy atom. The van der Waals surface area contributed by atoms with E-state index in [0.29, 0.717) is 52.6 Å². The molecule has 1 heterocycles. The van der Waals surface area contributed by atoms with Crippen molar-refractivity contribution >= 4 is 5.91 Å². The van der Waals surface area contributed by atoms with E-state index in [4.69, 9.17) is 19.9 Å². The molecule has 0 atom stereocenters. The Bertz CT molecular complexity index is 307. The van der Waals surface area contributed by atoms with Crippen LogP contribution >= 0.6 is 0 Å². The molecule has 1 aliphatic heterocycles. The summed E-state index contributed by atoms with van der Waals surface area (Å²) in [4.78, 5) is 14.1. The van der Waals surface area contributed by atoms with Crippen LogP contribution in [0.4, 0.5) is 0 Å². The van der Waals surface area contributed by atoms with Crippen molar-refractivity contribution in [1.82, 2.24) is 4.90 Å². The molecule has 1 amide bonds. The molecule has 0 aromatic carbocycles. The van der Waals surface area contributed by atoms with Crippen LogP contribution in [-0.2, 0) is 19.0 Å². The van der Waals surface area contributed by atoms with Gasteiger partial charge in [0, 0.05) is 19.6 Å². The highest BCUT2D eigenvalue weighted by Gasteiger charge is 2.24. The smallest absolute Gasteiger partial charge is 0.224 e. The largest absolute Gasteiger partial charge is 0.379 e. The first kappa shape index (κ1) is 28.5. The van der Waals surface area contributed by atoms with Gasteiger partial charge in [-0.05, 0) is 24.7 Å². The van der Waals surface area contributed by atoms with Crippen molar-refractivity contribution in [3.8, 4) is 0 Å². The van der Waals surface area contributed by atoms with E-state index in [1.54, 1.807) is 0 Å². The lowest BCUT2D eigenvalue weighted by Gasteiger charge is -2.34. The van der Waals surface area contributed by atoms with Crippen LogP contribution in [0.3, 0.4) is 0 Å². The molecule has 164 valence electrons. The topological polar surface area (TPSA) is 74.0 Å². The molecule has 0 spiro atoms. The van der Waals surface area contributed by atoms with Gasteiger partial charge in [0.1, 0.15) is 0 Å². The molecule has 6 nitrogen and oxygen atoms in total. The molecule has 0 aromatic heterocycles. The summed E-state index contributed by atoms with van der Waals surface area (Å²) in [6.07, 6.45) is 2.72. The quantitative estimate of drug-likeness (QED) is 0.517. The average molecular weight is 391 g/mol. The number of piperidine rings is 1. The molecule has 0 radical (unpaired) electrons. The van der Waals surface area contributed by atoms with Crippen LogP contribution in [0.15, 0.2) is 0 Å². The third-order valence-electron chi connectivity index (χ3n) is 4.30. The minimum atomic E-state index is 0.211. The number of amides is 1. The van der Waals surface area contributed by atoms with E-state index < -0.39 is 0 Å². The van der Waals surface area contributed by atoms with Crippen LogP contribution in [-0.4, -0.2) is 70.1 Å². The van der Waals surface area contributed by atoms with Crippen molar-refractivity contribution in [2.45, 2.75) is 60.8 Å². The predicted octanol–water partition coefficient (Wildman–Crippen LogP) is 3.33. The van der Waals surface area contributed by atoms with E-state index in [1.165, 1.54) is 0 Å². The predicted molar refractivity (Wildman–Crippen MR) is 113 cm³/mol. The third-order valence-corrected chi connectivity index (χ3v) is 4.30. The van der Waals surface area contributed by atoms with Crippen LogP contribution < -0.4 is 5.73 Å². The summed E-state index contributed by atoms with van der Waals surface area (Å²) in [7, 11) is 0. The van der Waals surface area contributed by atoms with Gasteiger partial charge in [-0.25, -0.2) is 0 Å². The van der Waals surface area contributed by atoms with E-state index in [9.17, 15) is 4.79 Å². The lowest BCUT2D eigenvalue weighted by Crippen LogP contribution is -2.39. The normalized spacial score (nSPS) is 14.3. The van der Waals surface area contributed by atoms with Crippen molar-refractivity contribution in [3.63, 3.8) is 0 Å². The number of hydrogen-bond donors (Lipinski definition) is 1. The Hall–Kier alpha value is -0.690. The monoisotopic (exact) mass is 390 g/mol. The molecular formula is C21H46N2O4. The zero-order valence-electron chi connectivity index (χ0n) is 18.8. The maximum absolute atomic E-state index is 12.1. The highest BCUT2D eigenvalue weighted by atomic mass is 16.5. The zero-order chi connectivity index (χ0) is 20.9. The van der Waals surface area contributed by atoms with E-state index in [1.807, 2.05) is 32.6 Å². The molecule has 0 aromatic rings. The van der Waals surface area contributed by atoms with Gasteiger partial charge in [0.2, 0.25) is 5.91 Å².